The van der Waals surface area contributed by atoms with Gasteiger partial charge in [0, 0.05) is 23.7 Å². The van der Waals surface area contributed by atoms with Crippen LogP contribution in [-0.4, -0.2) is 31.1 Å². The van der Waals surface area contributed by atoms with E-state index in [-0.39, 0.29) is 18.2 Å². The van der Waals surface area contributed by atoms with Crippen LogP contribution in [0.25, 0.3) is 0 Å². The van der Waals surface area contributed by atoms with Gasteiger partial charge in [-0.3, -0.25) is 4.90 Å². The molecule has 2 heterocycles. The Balaban J connectivity index is 0.00000133. The molecule has 5 heteroatoms. The minimum absolute atomic E-state index is 0. The minimum atomic E-state index is -0.186. The van der Waals surface area contributed by atoms with Crippen molar-refractivity contribution in [3.05, 3.63) is 34.6 Å². The molecule has 3 rings (SSSR count). The molecule has 0 aromatic heterocycles. The number of nitrogens with zero attached hydrogens (tertiary/aromatic N) is 1. The Bertz CT molecular complexity index is 441. The highest BCUT2D eigenvalue weighted by Crippen LogP contribution is 2.27. The van der Waals surface area contributed by atoms with Crippen LogP contribution in [0.1, 0.15) is 12.0 Å². The first-order valence-corrected chi connectivity index (χ1v) is 6.97. The van der Waals surface area contributed by atoms with Crippen molar-refractivity contribution in [2.24, 2.45) is 11.8 Å². The molecule has 1 aromatic carbocycles. The highest BCUT2D eigenvalue weighted by atomic mass is 35.5. The zero-order valence-electron chi connectivity index (χ0n) is 10.7. The van der Waals surface area contributed by atoms with Crippen molar-refractivity contribution >= 4 is 24.0 Å². The standard InChI is InChI=1S/C14H18ClFN2.ClH/c15-13-2-1-11(14(16)5-13)8-18-4-3-10-6-17-7-12(10)9-18;/h1-2,5,10,12,17H,3-4,6-9H2;1H. The Labute approximate surface area is 124 Å². The Morgan fingerprint density at radius 3 is 2.89 bits per heavy atom. The first-order valence-electron chi connectivity index (χ1n) is 6.59. The molecule has 0 aliphatic carbocycles. The van der Waals surface area contributed by atoms with Crippen LogP contribution in [0.15, 0.2) is 18.2 Å². The third-order valence-electron chi connectivity index (χ3n) is 4.20. The van der Waals surface area contributed by atoms with E-state index >= 15 is 0 Å². The number of benzene rings is 1. The Hall–Kier alpha value is -0.350. The predicted molar refractivity (Wildman–Crippen MR) is 78.4 cm³/mol. The van der Waals surface area contributed by atoms with Gasteiger partial charge in [0.15, 0.2) is 0 Å². The fraction of sp³-hybridized carbons (Fsp3) is 0.571. The van der Waals surface area contributed by atoms with E-state index in [4.69, 9.17) is 11.6 Å². The summed E-state index contributed by atoms with van der Waals surface area (Å²) in [6, 6.07) is 4.97. The van der Waals surface area contributed by atoms with Gasteiger partial charge in [0.1, 0.15) is 5.82 Å². The van der Waals surface area contributed by atoms with E-state index in [9.17, 15) is 4.39 Å². The number of piperidine rings is 1. The van der Waals surface area contributed by atoms with Crippen LogP contribution >= 0.6 is 24.0 Å². The van der Waals surface area contributed by atoms with Crippen LogP contribution in [0, 0.1) is 17.7 Å². The largest absolute Gasteiger partial charge is 0.316 e. The number of nitrogens with one attached hydrogen (secondary N) is 1. The van der Waals surface area contributed by atoms with Crippen molar-refractivity contribution < 1.29 is 4.39 Å². The number of halogens is 3. The summed E-state index contributed by atoms with van der Waals surface area (Å²) in [7, 11) is 0. The molecule has 2 nitrogen and oxygen atoms in total. The summed E-state index contributed by atoms with van der Waals surface area (Å²) in [4.78, 5) is 2.36. The maximum atomic E-state index is 13.8. The molecule has 0 amide bonds. The van der Waals surface area contributed by atoms with Crippen LogP contribution in [0.3, 0.4) is 0 Å². The van der Waals surface area contributed by atoms with E-state index in [1.807, 2.05) is 0 Å². The van der Waals surface area contributed by atoms with Crippen LogP contribution < -0.4 is 5.32 Å². The highest BCUT2D eigenvalue weighted by molar-refractivity contribution is 6.30. The monoisotopic (exact) mass is 304 g/mol. The lowest BCUT2D eigenvalue weighted by Gasteiger charge is -2.34. The molecular weight excluding hydrogens is 286 g/mol. The van der Waals surface area contributed by atoms with Gasteiger partial charge in [0.25, 0.3) is 0 Å². The van der Waals surface area contributed by atoms with Crippen molar-refractivity contribution in [1.82, 2.24) is 10.2 Å². The van der Waals surface area contributed by atoms with Gasteiger partial charge in [-0.2, -0.15) is 0 Å². The number of hydrogen-bond acceptors (Lipinski definition) is 2. The lowest BCUT2D eigenvalue weighted by atomic mass is 9.88. The summed E-state index contributed by atoms with van der Waals surface area (Å²) in [5.74, 6) is 1.39. The molecule has 106 valence electrons. The summed E-state index contributed by atoms with van der Waals surface area (Å²) >= 11 is 5.77. The van der Waals surface area contributed by atoms with Crippen molar-refractivity contribution in [3.8, 4) is 0 Å². The topological polar surface area (TPSA) is 15.3 Å². The van der Waals surface area contributed by atoms with E-state index in [0.717, 1.165) is 43.6 Å². The smallest absolute Gasteiger partial charge is 0.129 e. The molecule has 2 unspecified atom stereocenters. The molecule has 1 N–H and O–H groups in total. The zero-order valence-corrected chi connectivity index (χ0v) is 12.3. The number of fused-ring (bicyclic) bond motifs is 1. The average molecular weight is 305 g/mol. The van der Waals surface area contributed by atoms with E-state index in [1.165, 1.54) is 12.5 Å². The van der Waals surface area contributed by atoms with Crippen LogP contribution in [-0.2, 0) is 6.54 Å². The van der Waals surface area contributed by atoms with Gasteiger partial charge in [-0.15, -0.1) is 12.4 Å². The summed E-state index contributed by atoms with van der Waals surface area (Å²) < 4.78 is 13.8. The fourth-order valence-electron chi connectivity index (χ4n) is 3.14. The normalized spacial score (nSPS) is 26.8. The number of hydrogen-bond donors (Lipinski definition) is 1. The molecule has 1 aromatic rings. The average Bonchev–Trinajstić information content (AvgIpc) is 2.80. The van der Waals surface area contributed by atoms with Gasteiger partial charge in [0.2, 0.25) is 0 Å². The molecule has 0 saturated carbocycles. The van der Waals surface area contributed by atoms with E-state index in [2.05, 4.69) is 10.2 Å². The first kappa shape index (κ1) is 15.0. The molecule has 2 aliphatic heterocycles. The third-order valence-corrected chi connectivity index (χ3v) is 4.43. The van der Waals surface area contributed by atoms with Gasteiger partial charge in [-0.05, 0) is 50.0 Å². The summed E-state index contributed by atoms with van der Waals surface area (Å²) in [6.45, 7) is 5.13. The molecule has 2 aliphatic rings. The van der Waals surface area contributed by atoms with E-state index < -0.39 is 0 Å². The SMILES string of the molecule is Cl.Fc1cc(Cl)ccc1CN1CCC2CNCC2C1. The van der Waals surface area contributed by atoms with Crippen LogP contribution in [0.2, 0.25) is 5.02 Å². The Morgan fingerprint density at radius 2 is 2.11 bits per heavy atom. The molecule has 2 fully saturated rings. The summed E-state index contributed by atoms with van der Waals surface area (Å²) in [6.07, 6.45) is 1.23. The van der Waals surface area contributed by atoms with Crippen molar-refractivity contribution in [1.29, 1.82) is 0 Å². The predicted octanol–water partition coefficient (Wildman–Crippen LogP) is 2.94. The molecule has 19 heavy (non-hydrogen) atoms. The zero-order chi connectivity index (χ0) is 12.5. The summed E-state index contributed by atoms with van der Waals surface area (Å²) in [5, 5.41) is 3.92. The molecule has 2 saturated heterocycles. The van der Waals surface area contributed by atoms with Crippen LogP contribution in [0.4, 0.5) is 4.39 Å². The first-order chi connectivity index (χ1) is 8.72. The van der Waals surface area contributed by atoms with Crippen molar-refractivity contribution in [2.45, 2.75) is 13.0 Å². The molecule has 2 atom stereocenters. The number of rotatable bonds is 2. The molecular formula is C14H19Cl2FN2. The van der Waals surface area contributed by atoms with Crippen molar-refractivity contribution in [3.63, 3.8) is 0 Å². The van der Waals surface area contributed by atoms with Gasteiger partial charge < -0.3 is 5.32 Å². The molecule has 0 spiro atoms. The maximum absolute atomic E-state index is 13.8. The van der Waals surface area contributed by atoms with Gasteiger partial charge >= 0.3 is 0 Å². The Morgan fingerprint density at radius 1 is 1.32 bits per heavy atom. The fourth-order valence-corrected chi connectivity index (χ4v) is 3.30. The second kappa shape index (κ2) is 6.40. The quantitative estimate of drug-likeness (QED) is 0.904. The van der Waals surface area contributed by atoms with E-state index in [1.54, 1.807) is 12.1 Å². The summed E-state index contributed by atoms with van der Waals surface area (Å²) in [5.41, 5.74) is 0.754. The Kier molecular flexibility index (Phi) is 5.07. The third kappa shape index (κ3) is 3.40. The molecule has 0 radical (unpaired) electrons. The maximum Gasteiger partial charge on any atom is 0.129 e. The second-order valence-electron chi connectivity index (χ2n) is 5.44. The van der Waals surface area contributed by atoms with Gasteiger partial charge in [0.05, 0.1) is 0 Å². The van der Waals surface area contributed by atoms with Crippen LogP contribution in [0.5, 0.6) is 0 Å². The second-order valence-corrected chi connectivity index (χ2v) is 5.87. The minimum Gasteiger partial charge on any atom is -0.316 e. The van der Waals surface area contributed by atoms with Gasteiger partial charge in [-0.25, -0.2) is 4.39 Å². The van der Waals surface area contributed by atoms with Gasteiger partial charge in [-0.1, -0.05) is 17.7 Å². The number of likely N-dealkylation sites (tertiary alicyclic amines) is 1. The lowest BCUT2D eigenvalue weighted by molar-refractivity contribution is 0.141. The van der Waals surface area contributed by atoms with E-state index in [0.29, 0.717) is 11.6 Å². The lowest BCUT2D eigenvalue weighted by Crippen LogP contribution is -2.39. The molecule has 0 bridgehead atoms. The highest BCUT2D eigenvalue weighted by Gasteiger charge is 2.32. The van der Waals surface area contributed by atoms with Crippen molar-refractivity contribution in [2.75, 3.05) is 26.2 Å².